The van der Waals surface area contributed by atoms with E-state index in [2.05, 4.69) is 0 Å². The number of alkyl halides is 1. The smallest absolute Gasteiger partial charge is 0.340 e. The minimum atomic E-state index is -3.04. The lowest BCUT2D eigenvalue weighted by molar-refractivity contribution is 0.212. The van der Waals surface area contributed by atoms with Crippen molar-refractivity contribution in [2.24, 2.45) is 5.92 Å². The molecule has 1 N–H and O–H groups in total. The minimum Gasteiger partial charge on any atom is -0.396 e. The first-order valence-electron chi connectivity index (χ1n) is 5.24. The number of thioether (sulfide) groups is 1. The molecule has 1 atom stereocenters. The summed E-state index contributed by atoms with van der Waals surface area (Å²) in [6.07, 6.45) is 0. The number of rotatable bonds is 10. The summed E-state index contributed by atoms with van der Waals surface area (Å²) in [5.41, 5.74) is 0.200. The van der Waals surface area contributed by atoms with Gasteiger partial charge in [-0.3, -0.25) is 8.96 Å². The van der Waals surface area contributed by atoms with Crippen LogP contribution < -0.4 is 0 Å². The van der Waals surface area contributed by atoms with Crippen LogP contribution in [0, 0.1) is 5.92 Å². The lowest BCUT2D eigenvalue weighted by Gasteiger charge is -2.17. The maximum atomic E-state index is 12.3. The second-order valence-electron chi connectivity index (χ2n) is 3.15. The van der Waals surface area contributed by atoms with Crippen LogP contribution in [0.4, 0.5) is 4.39 Å². The Morgan fingerprint density at radius 2 is 1.94 bits per heavy atom. The third kappa shape index (κ3) is 6.86. The second-order valence-corrected chi connectivity index (χ2v) is 6.66. The van der Waals surface area contributed by atoms with Crippen molar-refractivity contribution < 1.29 is 23.1 Å². The molecule has 98 valence electrons. The molecule has 0 aromatic rings. The van der Waals surface area contributed by atoms with Crippen molar-refractivity contribution in [2.75, 3.05) is 37.7 Å². The summed E-state index contributed by atoms with van der Waals surface area (Å²) in [7, 11) is -3.04. The van der Waals surface area contributed by atoms with Crippen LogP contribution in [0.1, 0.15) is 13.8 Å². The molecule has 0 aromatic heterocycles. The van der Waals surface area contributed by atoms with Gasteiger partial charge in [-0.2, -0.15) is 0 Å². The first-order chi connectivity index (χ1) is 7.61. The fourth-order valence-electron chi connectivity index (χ4n) is 0.982. The van der Waals surface area contributed by atoms with E-state index < -0.39 is 20.2 Å². The summed E-state index contributed by atoms with van der Waals surface area (Å²) >= 11 is 1.28. The van der Waals surface area contributed by atoms with E-state index in [0.717, 1.165) is 0 Å². The second kappa shape index (κ2) is 9.42. The summed E-state index contributed by atoms with van der Waals surface area (Å²) in [5.74, 6) is 0.0126. The van der Waals surface area contributed by atoms with Crippen molar-refractivity contribution in [3.8, 4) is 0 Å². The van der Waals surface area contributed by atoms with E-state index >= 15 is 0 Å². The molecule has 0 radical (unpaired) electrons. The molecule has 0 aliphatic rings. The predicted molar refractivity (Wildman–Crippen MR) is 64.7 cm³/mol. The first kappa shape index (κ1) is 16.4. The standard InChI is InChI=1S/C9H20FO4PS/c1-3-13-15(12,14-4-2)8-16-7-9(5-10)6-11/h9,11H,3-8H2,1-2H3. The quantitative estimate of drug-likeness (QED) is 0.620. The largest absolute Gasteiger partial charge is 0.396 e. The molecule has 0 fully saturated rings. The molecule has 0 aliphatic heterocycles. The summed E-state index contributed by atoms with van der Waals surface area (Å²) in [4.78, 5) is 0. The molecule has 7 heteroatoms. The molecule has 1 unspecified atom stereocenters. The normalized spacial score (nSPS) is 14.0. The fourth-order valence-corrected chi connectivity index (χ4v) is 4.28. The Morgan fingerprint density at radius 1 is 1.38 bits per heavy atom. The number of hydrogen-bond acceptors (Lipinski definition) is 5. The molecule has 0 spiro atoms. The molecule has 0 bridgehead atoms. The molecule has 0 aliphatic carbocycles. The molecule has 0 saturated heterocycles. The zero-order valence-corrected chi connectivity index (χ0v) is 11.4. The Balaban J connectivity index is 3.97. The average molecular weight is 274 g/mol. The molecule has 0 heterocycles. The van der Waals surface area contributed by atoms with Crippen molar-refractivity contribution in [2.45, 2.75) is 13.8 Å². The van der Waals surface area contributed by atoms with Crippen LogP contribution in [-0.4, -0.2) is 42.8 Å². The first-order valence-corrected chi connectivity index (χ1v) is 8.12. The maximum absolute atomic E-state index is 12.3. The van der Waals surface area contributed by atoms with Gasteiger partial charge in [0.15, 0.2) is 0 Å². The summed E-state index contributed by atoms with van der Waals surface area (Å²) in [6, 6.07) is 0. The number of hydrogen-bond donors (Lipinski definition) is 1. The summed E-state index contributed by atoms with van der Waals surface area (Å²) in [6.45, 7) is 3.37. The third-order valence-electron chi connectivity index (χ3n) is 1.73. The van der Waals surface area contributed by atoms with Gasteiger partial charge < -0.3 is 14.2 Å². The lowest BCUT2D eigenvalue weighted by atomic mass is 10.2. The van der Waals surface area contributed by atoms with Crippen LogP contribution in [0.15, 0.2) is 0 Å². The number of aliphatic hydroxyl groups excluding tert-OH is 1. The van der Waals surface area contributed by atoms with Crippen molar-refractivity contribution in [3.05, 3.63) is 0 Å². The highest BCUT2D eigenvalue weighted by Gasteiger charge is 2.23. The van der Waals surface area contributed by atoms with Crippen LogP contribution in [0.25, 0.3) is 0 Å². The van der Waals surface area contributed by atoms with Gasteiger partial charge >= 0.3 is 7.60 Å². The Morgan fingerprint density at radius 3 is 2.31 bits per heavy atom. The summed E-state index contributed by atoms with van der Waals surface area (Å²) < 4.78 is 34.4. The SMILES string of the molecule is CCOP(=O)(CSCC(CO)CF)OCC. The van der Waals surface area contributed by atoms with Gasteiger partial charge in [-0.25, -0.2) is 0 Å². The zero-order chi connectivity index (χ0) is 12.4. The van der Waals surface area contributed by atoms with Crippen molar-refractivity contribution >= 4 is 19.4 Å². The van der Waals surface area contributed by atoms with Gasteiger partial charge in [-0.1, -0.05) is 0 Å². The molecule has 0 amide bonds. The topological polar surface area (TPSA) is 55.8 Å². The van der Waals surface area contributed by atoms with Crippen LogP contribution in [-0.2, 0) is 13.6 Å². The molecule has 0 aromatic carbocycles. The molecule has 0 rings (SSSR count). The molecule has 16 heavy (non-hydrogen) atoms. The van der Waals surface area contributed by atoms with E-state index in [1.165, 1.54) is 11.8 Å². The number of aliphatic hydroxyl groups is 1. The van der Waals surface area contributed by atoms with Crippen molar-refractivity contribution in [1.82, 2.24) is 0 Å². The molecular weight excluding hydrogens is 254 g/mol. The van der Waals surface area contributed by atoms with Gasteiger partial charge in [0.2, 0.25) is 0 Å². The van der Waals surface area contributed by atoms with Gasteiger partial charge in [-0.05, 0) is 13.8 Å². The highest BCUT2D eigenvalue weighted by Crippen LogP contribution is 2.50. The molecular formula is C9H20FO4PS. The Labute approximate surface area is 100 Å². The molecule has 4 nitrogen and oxygen atoms in total. The predicted octanol–water partition coefficient (Wildman–Crippen LogP) is 2.52. The Kier molecular flexibility index (Phi) is 9.65. The minimum absolute atomic E-state index is 0.197. The van der Waals surface area contributed by atoms with Gasteiger partial charge in [0.05, 0.1) is 25.4 Å². The average Bonchev–Trinajstić information content (AvgIpc) is 2.25. The number of halogens is 1. The van der Waals surface area contributed by atoms with Crippen molar-refractivity contribution in [1.29, 1.82) is 0 Å². The van der Waals surface area contributed by atoms with E-state index in [4.69, 9.17) is 14.2 Å². The highest BCUT2D eigenvalue weighted by molar-refractivity contribution is 8.04. The van der Waals surface area contributed by atoms with Gasteiger partial charge in [-0.15, -0.1) is 11.8 Å². The lowest BCUT2D eigenvalue weighted by Crippen LogP contribution is -2.12. The Bertz CT molecular complexity index is 204. The van der Waals surface area contributed by atoms with E-state index in [1.807, 2.05) is 0 Å². The van der Waals surface area contributed by atoms with Gasteiger partial charge in [0.1, 0.15) is 0 Å². The van der Waals surface area contributed by atoms with E-state index in [1.54, 1.807) is 13.8 Å². The van der Waals surface area contributed by atoms with Crippen LogP contribution in [0.2, 0.25) is 0 Å². The molecule has 0 saturated carbocycles. The monoisotopic (exact) mass is 274 g/mol. The van der Waals surface area contributed by atoms with Gasteiger partial charge in [0, 0.05) is 18.3 Å². The zero-order valence-electron chi connectivity index (χ0n) is 9.73. The fraction of sp³-hybridized carbons (Fsp3) is 1.00. The van der Waals surface area contributed by atoms with Gasteiger partial charge in [0.25, 0.3) is 0 Å². The van der Waals surface area contributed by atoms with E-state index in [-0.39, 0.29) is 12.1 Å². The van der Waals surface area contributed by atoms with Crippen LogP contribution in [0.3, 0.4) is 0 Å². The Hall–Kier alpha value is 0.390. The summed E-state index contributed by atoms with van der Waals surface area (Å²) in [5, 5.41) is 8.78. The van der Waals surface area contributed by atoms with Crippen LogP contribution >= 0.6 is 19.4 Å². The maximum Gasteiger partial charge on any atom is 0.340 e. The van der Waals surface area contributed by atoms with Crippen LogP contribution in [0.5, 0.6) is 0 Å². The van der Waals surface area contributed by atoms with E-state index in [0.29, 0.717) is 19.0 Å². The van der Waals surface area contributed by atoms with Crippen molar-refractivity contribution in [3.63, 3.8) is 0 Å². The third-order valence-corrected chi connectivity index (χ3v) is 5.74. The van der Waals surface area contributed by atoms with E-state index in [9.17, 15) is 8.96 Å². The highest BCUT2D eigenvalue weighted by atomic mass is 32.2.